The summed E-state index contributed by atoms with van der Waals surface area (Å²) in [7, 11) is 0. The molecule has 0 atom stereocenters. The van der Waals surface area contributed by atoms with E-state index in [0.29, 0.717) is 16.3 Å². The summed E-state index contributed by atoms with van der Waals surface area (Å²) < 4.78 is 0. The number of nitrogens with one attached hydrogen (secondary N) is 1. The SMILES string of the molecule is C#CCNC(=O)c1cc(Cl)ccc1N. The van der Waals surface area contributed by atoms with E-state index in [1.54, 1.807) is 12.1 Å². The van der Waals surface area contributed by atoms with E-state index in [-0.39, 0.29) is 12.5 Å². The maximum atomic E-state index is 11.4. The third-order valence-electron chi connectivity index (χ3n) is 1.61. The molecule has 0 heterocycles. The zero-order chi connectivity index (χ0) is 10.6. The molecule has 1 rings (SSSR count). The number of anilines is 1. The molecule has 3 nitrogen and oxygen atoms in total. The second-order valence-corrected chi connectivity index (χ2v) is 3.05. The first-order chi connectivity index (χ1) is 6.65. The molecular formula is C10H9ClN2O. The van der Waals surface area contributed by atoms with Crippen molar-refractivity contribution in [1.82, 2.24) is 5.32 Å². The van der Waals surface area contributed by atoms with Gasteiger partial charge in [-0.3, -0.25) is 4.79 Å². The Morgan fingerprint density at radius 3 is 3.00 bits per heavy atom. The summed E-state index contributed by atoms with van der Waals surface area (Å²) in [6, 6.07) is 4.70. The van der Waals surface area contributed by atoms with Crippen LogP contribution in [0, 0.1) is 12.3 Å². The van der Waals surface area contributed by atoms with Crippen LogP contribution in [0.15, 0.2) is 18.2 Å². The maximum Gasteiger partial charge on any atom is 0.254 e. The minimum Gasteiger partial charge on any atom is -0.398 e. The summed E-state index contributed by atoms with van der Waals surface area (Å²) in [5.74, 6) is 1.98. The molecule has 72 valence electrons. The molecule has 4 heteroatoms. The number of carbonyl (C=O) groups excluding carboxylic acids is 1. The minimum absolute atomic E-state index is 0.171. The highest BCUT2D eigenvalue weighted by Crippen LogP contribution is 2.17. The Bertz CT molecular complexity index is 396. The molecule has 1 aromatic carbocycles. The third kappa shape index (κ3) is 2.41. The van der Waals surface area contributed by atoms with Crippen LogP contribution in [-0.2, 0) is 0 Å². The molecule has 0 spiro atoms. The van der Waals surface area contributed by atoms with Gasteiger partial charge in [-0.15, -0.1) is 6.42 Å². The van der Waals surface area contributed by atoms with Gasteiger partial charge in [0.15, 0.2) is 0 Å². The third-order valence-corrected chi connectivity index (χ3v) is 1.85. The standard InChI is InChI=1S/C10H9ClN2O/c1-2-5-13-10(14)8-6-7(11)3-4-9(8)12/h1,3-4,6H,5,12H2,(H,13,14). The minimum atomic E-state index is -0.317. The number of benzene rings is 1. The number of nitrogen functional groups attached to an aromatic ring is 1. The Hall–Kier alpha value is -1.66. The van der Waals surface area contributed by atoms with Crippen LogP contribution in [0.25, 0.3) is 0 Å². The second kappa shape index (κ2) is 4.54. The summed E-state index contributed by atoms with van der Waals surface area (Å²) in [4.78, 5) is 11.4. The number of halogens is 1. The van der Waals surface area contributed by atoms with Crippen molar-refractivity contribution in [2.45, 2.75) is 0 Å². The molecule has 0 saturated carbocycles. The van der Waals surface area contributed by atoms with Crippen molar-refractivity contribution in [1.29, 1.82) is 0 Å². The lowest BCUT2D eigenvalue weighted by molar-refractivity contribution is 0.0959. The highest BCUT2D eigenvalue weighted by Gasteiger charge is 2.08. The van der Waals surface area contributed by atoms with Gasteiger partial charge in [-0.25, -0.2) is 0 Å². The fourth-order valence-corrected chi connectivity index (χ4v) is 1.12. The molecule has 0 aliphatic rings. The lowest BCUT2D eigenvalue weighted by Crippen LogP contribution is -2.24. The van der Waals surface area contributed by atoms with Crippen molar-refractivity contribution in [3.8, 4) is 12.3 Å². The van der Waals surface area contributed by atoms with Gasteiger partial charge in [-0.1, -0.05) is 17.5 Å². The van der Waals surface area contributed by atoms with Gasteiger partial charge >= 0.3 is 0 Å². The molecule has 0 radical (unpaired) electrons. The Labute approximate surface area is 87.2 Å². The Morgan fingerprint density at radius 1 is 1.64 bits per heavy atom. The Kier molecular flexibility index (Phi) is 3.38. The van der Waals surface area contributed by atoms with Crippen LogP contribution >= 0.6 is 11.6 Å². The highest BCUT2D eigenvalue weighted by atomic mass is 35.5. The van der Waals surface area contributed by atoms with E-state index in [1.165, 1.54) is 6.07 Å². The van der Waals surface area contributed by atoms with Crippen LogP contribution in [0.2, 0.25) is 5.02 Å². The number of hydrogen-bond donors (Lipinski definition) is 2. The first-order valence-electron chi connectivity index (χ1n) is 3.92. The summed E-state index contributed by atoms with van der Waals surface area (Å²) in [6.45, 7) is 0.171. The first-order valence-corrected chi connectivity index (χ1v) is 4.29. The topological polar surface area (TPSA) is 55.1 Å². The van der Waals surface area contributed by atoms with Crippen molar-refractivity contribution >= 4 is 23.2 Å². The molecule has 0 bridgehead atoms. The highest BCUT2D eigenvalue weighted by molar-refractivity contribution is 6.31. The van der Waals surface area contributed by atoms with Crippen LogP contribution < -0.4 is 11.1 Å². The van der Waals surface area contributed by atoms with Gasteiger partial charge < -0.3 is 11.1 Å². The van der Waals surface area contributed by atoms with Crippen molar-refractivity contribution in [3.05, 3.63) is 28.8 Å². The number of hydrogen-bond acceptors (Lipinski definition) is 2. The van der Waals surface area contributed by atoms with E-state index in [1.807, 2.05) is 0 Å². The van der Waals surface area contributed by atoms with Gasteiger partial charge in [0, 0.05) is 10.7 Å². The van der Waals surface area contributed by atoms with Crippen LogP contribution in [0.1, 0.15) is 10.4 Å². The summed E-state index contributed by atoms with van der Waals surface area (Å²) in [6.07, 6.45) is 5.00. The molecule has 0 aliphatic heterocycles. The molecule has 1 aromatic rings. The molecule has 0 aliphatic carbocycles. The van der Waals surface area contributed by atoms with Crippen molar-refractivity contribution in [2.24, 2.45) is 0 Å². The molecule has 0 unspecified atom stereocenters. The zero-order valence-electron chi connectivity index (χ0n) is 7.38. The summed E-state index contributed by atoms with van der Waals surface area (Å²) >= 11 is 5.72. The number of rotatable bonds is 2. The van der Waals surface area contributed by atoms with E-state index >= 15 is 0 Å². The predicted octanol–water partition coefficient (Wildman–Crippen LogP) is 1.29. The van der Waals surface area contributed by atoms with E-state index in [2.05, 4.69) is 11.2 Å². The van der Waals surface area contributed by atoms with Gasteiger partial charge in [0.25, 0.3) is 5.91 Å². The molecular weight excluding hydrogens is 200 g/mol. The van der Waals surface area contributed by atoms with Gasteiger partial charge in [0.05, 0.1) is 12.1 Å². The van der Waals surface area contributed by atoms with Crippen LogP contribution in [0.4, 0.5) is 5.69 Å². The van der Waals surface area contributed by atoms with E-state index in [0.717, 1.165) is 0 Å². The largest absolute Gasteiger partial charge is 0.398 e. The molecule has 0 saturated heterocycles. The predicted molar refractivity (Wildman–Crippen MR) is 57.0 cm³/mol. The monoisotopic (exact) mass is 208 g/mol. The fraction of sp³-hybridized carbons (Fsp3) is 0.100. The normalized spacial score (nSPS) is 9.14. The lowest BCUT2D eigenvalue weighted by atomic mass is 10.1. The quantitative estimate of drug-likeness (QED) is 0.568. The number of amides is 1. The van der Waals surface area contributed by atoms with Crippen LogP contribution in [-0.4, -0.2) is 12.5 Å². The smallest absolute Gasteiger partial charge is 0.254 e. The Morgan fingerprint density at radius 2 is 2.36 bits per heavy atom. The van der Waals surface area contributed by atoms with Gasteiger partial charge in [-0.05, 0) is 18.2 Å². The average Bonchev–Trinajstić information content (AvgIpc) is 2.18. The Balaban J connectivity index is 2.90. The maximum absolute atomic E-state index is 11.4. The van der Waals surface area contributed by atoms with Crippen molar-refractivity contribution in [3.63, 3.8) is 0 Å². The first kappa shape index (κ1) is 10.4. The van der Waals surface area contributed by atoms with E-state index in [4.69, 9.17) is 23.8 Å². The van der Waals surface area contributed by atoms with Crippen LogP contribution in [0.5, 0.6) is 0 Å². The van der Waals surface area contributed by atoms with Gasteiger partial charge in [0.1, 0.15) is 0 Å². The molecule has 1 amide bonds. The number of nitrogens with two attached hydrogens (primary N) is 1. The molecule has 0 fully saturated rings. The fourth-order valence-electron chi connectivity index (χ4n) is 0.952. The van der Waals surface area contributed by atoms with Gasteiger partial charge in [0.2, 0.25) is 0 Å². The van der Waals surface area contributed by atoms with Crippen LogP contribution in [0.3, 0.4) is 0 Å². The lowest BCUT2D eigenvalue weighted by Gasteiger charge is -2.05. The van der Waals surface area contributed by atoms with Crippen molar-refractivity contribution in [2.75, 3.05) is 12.3 Å². The second-order valence-electron chi connectivity index (χ2n) is 2.62. The van der Waals surface area contributed by atoms with E-state index in [9.17, 15) is 4.79 Å². The average molecular weight is 209 g/mol. The van der Waals surface area contributed by atoms with E-state index < -0.39 is 0 Å². The molecule has 14 heavy (non-hydrogen) atoms. The molecule has 3 N–H and O–H groups in total. The summed E-state index contributed by atoms with van der Waals surface area (Å²) in [5.41, 5.74) is 6.31. The number of terminal acetylenes is 1. The number of carbonyl (C=O) groups is 1. The summed E-state index contributed by atoms with van der Waals surface area (Å²) in [5, 5.41) is 2.97. The zero-order valence-corrected chi connectivity index (χ0v) is 8.14. The van der Waals surface area contributed by atoms with Crippen molar-refractivity contribution < 1.29 is 4.79 Å². The van der Waals surface area contributed by atoms with Gasteiger partial charge in [-0.2, -0.15) is 0 Å². The molecule has 0 aromatic heterocycles.